The van der Waals surface area contributed by atoms with E-state index in [1.807, 2.05) is 6.92 Å². The highest BCUT2D eigenvalue weighted by molar-refractivity contribution is 7.89. The molecule has 118 valence electrons. The second-order valence-electron chi connectivity index (χ2n) is 6.46. The molecule has 0 aliphatic carbocycles. The van der Waals surface area contributed by atoms with Gasteiger partial charge in [-0.1, -0.05) is 46.0 Å². The lowest BCUT2D eigenvalue weighted by Gasteiger charge is -2.27. The van der Waals surface area contributed by atoms with Crippen molar-refractivity contribution in [2.45, 2.75) is 39.5 Å². The molecule has 6 heteroatoms. The molecule has 0 aliphatic heterocycles. The average molecular weight is 329 g/mol. The van der Waals surface area contributed by atoms with E-state index in [-0.39, 0.29) is 21.2 Å². The fourth-order valence-electron chi connectivity index (χ4n) is 1.70. The Balaban J connectivity index is 2.94. The van der Waals surface area contributed by atoms with Crippen LogP contribution in [-0.2, 0) is 10.0 Å². The van der Waals surface area contributed by atoms with Gasteiger partial charge in [0, 0.05) is 12.1 Å². The fourth-order valence-corrected chi connectivity index (χ4v) is 3.15. The van der Waals surface area contributed by atoms with Crippen LogP contribution in [0.3, 0.4) is 0 Å². The van der Waals surface area contributed by atoms with Gasteiger partial charge in [-0.3, -0.25) is 0 Å². The second kappa shape index (κ2) is 6.42. The van der Waals surface area contributed by atoms with E-state index in [0.29, 0.717) is 12.1 Å². The molecular weight excluding hydrogens is 304 g/mol. The summed E-state index contributed by atoms with van der Waals surface area (Å²) in [6.07, 6.45) is 0. The van der Waals surface area contributed by atoms with E-state index in [1.54, 1.807) is 19.1 Å². The minimum atomic E-state index is -3.51. The zero-order valence-electron chi connectivity index (χ0n) is 13.2. The van der Waals surface area contributed by atoms with Gasteiger partial charge < -0.3 is 5.73 Å². The van der Waals surface area contributed by atoms with Crippen LogP contribution < -0.4 is 10.5 Å². The summed E-state index contributed by atoms with van der Waals surface area (Å²) < 4.78 is 27.3. The molecule has 1 atom stereocenters. The van der Waals surface area contributed by atoms with Gasteiger partial charge in [0.15, 0.2) is 0 Å². The summed E-state index contributed by atoms with van der Waals surface area (Å²) in [5, 5.41) is 0. The Morgan fingerprint density at radius 2 is 1.95 bits per heavy atom. The quantitative estimate of drug-likeness (QED) is 0.815. The molecule has 0 saturated carbocycles. The van der Waals surface area contributed by atoms with E-state index >= 15 is 0 Å². The van der Waals surface area contributed by atoms with E-state index in [1.165, 1.54) is 6.07 Å². The summed E-state index contributed by atoms with van der Waals surface area (Å²) in [5.74, 6) is 0.226. The Kier molecular flexibility index (Phi) is 5.52. The normalized spacial score (nSPS) is 14.0. The monoisotopic (exact) mass is 328 g/mol. The van der Waals surface area contributed by atoms with Crippen molar-refractivity contribution in [3.63, 3.8) is 0 Å². The standard InChI is InChI=1S/C15H24N2O2S2/c1-10-8-12(6-7-13(10)14(16)20)21(18,19)17-9-11(2)15(3,4)5/h6-8,11,17H,9H2,1-5H3,(H2,16,20). The summed E-state index contributed by atoms with van der Waals surface area (Å²) in [7, 11) is -3.51. The van der Waals surface area contributed by atoms with Crippen LogP contribution in [0.25, 0.3) is 0 Å². The molecule has 1 aromatic carbocycles. The van der Waals surface area contributed by atoms with Crippen molar-refractivity contribution in [1.82, 2.24) is 4.72 Å². The van der Waals surface area contributed by atoms with Crippen LogP contribution in [0.1, 0.15) is 38.8 Å². The lowest BCUT2D eigenvalue weighted by molar-refractivity contribution is 0.263. The van der Waals surface area contributed by atoms with Gasteiger partial charge >= 0.3 is 0 Å². The molecule has 0 amide bonds. The second-order valence-corrected chi connectivity index (χ2v) is 8.67. The van der Waals surface area contributed by atoms with Crippen molar-refractivity contribution < 1.29 is 8.42 Å². The van der Waals surface area contributed by atoms with Crippen LogP contribution in [0.4, 0.5) is 0 Å². The molecule has 0 fully saturated rings. The Bertz CT molecular complexity index is 632. The number of hydrogen-bond donors (Lipinski definition) is 2. The first-order valence-electron chi connectivity index (χ1n) is 6.85. The zero-order chi connectivity index (χ0) is 16.4. The topological polar surface area (TPSA) is 72.2 Å². The van der Waals surface area contributed by atoms with E-state index in [2.05, 4.69) is 25.5 Å². The van der Waals surface area contributed by atoms with Crippen molar-refractivity contribution in [3.05, 3.63) is 29.3 Å². The first kappa shape index (κ1) is 18.1. The van der Waals surface area contributed by atoms with Crippen molar-refractivity contribution >= 4 is 27.2 Å². The number of thiocarbonyl (C=S) groups is 1. The van der Waals surface area contributed by atoms with Crippen molar-refractivity contribution in [1.29, 1.82) is 0 Å². The fraction of sp³-hybridized carbons (Fsp3) is 0.533. The van der Waals surface area contributed by atoms with E-state index in [4.69, 9.17) is 18.0 Å². The molecule has 0 aliphatic rings. The number of nitrogens with two attached hydrogens (primary N) is 1. The number of sulfonamides is 1. The van der Waals surface area contributed by atoms with Crippen LogP contribution in [0.5, 0.6) is 0 Å². The Labute approximate surface area is 133 Å². The summed E-state index contributed by atoms with van der Waals surface area (Å²) in [6, 6.07) is 4.78. The van der Waals surface area contributed by atoms with Gasteiger partial charge in [0.2, 0.25) is 10.0 Å². The van der Waals surface area contributed by atoms with Crippen molar-refractivity contribution in [3.8, 4) is 0 Å². The molecule has 0 saturated heterocycles. The summed E-state index contributed by atoms with van der Waals surface area (Å²) in [5.41, 5.74) is 7.10. The zero-order valence-corrected chi connectivity index (χ0v) is 14.9. The van der Waals surface area contributed by atoms with E-state index in [0.717, 1.165) is 5.56 Å². The molecular formula is C15H24N2O2S2. The lowest BCUT2D eigenvalue weighted by Crippen LogP contribution is -2.33. The molecule has 0 aromatic heterocycles. The largest absolute Gasteiger partial charge is 0.389 e. The predicted molar refractivity (Wildman–Crippen MR) is 90.9 cm³/mol. The first-order valence-corrected chi connectivity index (χ1v) is 8.74. The van der Waals surface area contributed by atoms with E-state index < -0.39 is 10.0 Å². The maximum atomic E-state index is 12.3. The van der Waals surface area contributed by atoms with Crippen molar-refractivity contribution in [2.24, 2.45) is 17.1 Å². The molecule has 1 aromatic rings. The average Bonchev–Trinajstić information content (AvgIpc) is 2.34. The predicted octanol–water partition coefficient (Wildman–Crippen LogP) is 2.59. The Morgan fingerprint density at radius 1 is 1.38 bits per heavy atom. The maximum Gasteiger partial charge on any atom is 0.240 e. The van der Waals surface area contributed by atoms with E-state index in [9.17, 15) is 8.42 Å². The molecule has 3 N–H and O–H groups in total. The molecule has 1 rings (SSSR count). The number of rotatable bonds is 5. The maximum absolute atomic E-state index is 12.3. The molecule has 0 radical (unpaired) electrons. The van der Waals surface area contributed by atoms with Gasteiger partial charge in [0.1, 0.15) is 4.99 Å². The minimum Gasteiger partial charge on any atom is -0.389 e. The highest BCUT2D eigenvalue weighted by Crippen LogP contribution is 2.25. The van der Waals surface area contributed by atoms with Gasteiger partial charge in [-0.25, -0.2) is 13.1 Å². The van der Waals surface area contributed by atoms with Crippen molar-refractivity contribution in [2.75, 3.05) is 6.54 Å². The van der Waals surface area contributed by atoms with Gasteiger partial charge in [0.25, 0.3) is 0 Å². The third kappa shape index (κ3) is 4.76. The van der Waals surface area contributed by atoms with Crippen LogP contribution >= 0.6 is 12.2 Å². The van der Waals surface area contributed by atoms with Gasteiger partial charge in [0.05, 0.1) is 4.90 Å². The number of aryl methyl sites for hydroxylation is 1. The molecule has 4 nitrogen and oxygen atoms in total. The summed E-state index contributed by atoms with van der Waals surface area (Å²) in [6.45, 7) is 10.5. The smallest absolute Gasteiger partial charge is 0.240 e. The SMILES string of the molecule is Cc1cc(S(=O)(=O)NCC(C)C(C)(C)C)ccc1C(N)=S. The molecule has 0 heterocycles. The molecule has 1 unspecified atom stereocenters. The van der Waals surface area contributed by atoms with Gasteiger partial charge in [-0.05, 0) is 36.0 Å². The van der Waals surface area contributed by atoms with Crippen LogP contribution in [0.15, 0.2) is 23.1 Å². The summed E-state index contributed by atoms with van der Waals surface area (Å²) >= 11 is 4.93. The van der Waals surface area contributed by atoms with Crippen LogP contribution in [0.2, 0.25) is 0 Å². The third-order valence-corrected chi connectivity index (χ3v) is 5.47. The number of nitrogens with one attached hydrogen (secondary N) is 1. The van der Waals surface area contributed by atoms with Gasteiger partial charge in [-0.2, -0.15) is 0 Å². The number of benzene rings is 1. The highest BCUT2D eigenvalue weighted by atomic mass is 32.2. The lowest BCUT2D eigenvalue weighted by atomic mass is 9.82. The first-order chi connectivity index (χ1) is 9.45. The Hall–Kier alpha value is -0.980. The molecule has 21 heavy (non-hydrogen) atoms. The molecule has 0 spiro atoms. The highest BCUT2D eigenvalue weighted by Gasteiger charge is 2.23. The third-order valence-electron chi connectivity index (χ3n) is 3.83. The minimum absolute atomic E-state index is 0.0496. The van der Waals surface area contributed by atoms with Crippen LogP contribution in [-0.4, -0.2) is 20.0 Å². The van der Waals surface area contributed by atoms with Gasteiger partial charge in [-0.15, -0.1) is 0 Å². The van der Waals surface area contributed by atoms with Crippen LogP contribution in [0, 0.1) is 18.3 Å². The molecule has 0 bridgehead atoms. The number of hydrogen-bond acceptors (Lipinski definition) is 3. The Morgan fingerprint density at radius 3 is 2.38 bits per heavy atom. The summed E-state index contributed by atoms with van der Waals surface area (Å²) in [4.78, 5) is 0.506.